The van der Waals surface area contributed by atoms with E-state index in [9.17, 15) is 0 Å². The van der Waals surface area contributed by atoms with Crippen molar-refractivity contribution in [1.29, 1.82) is 0 Å². The zero-order chi connectivity index (χ0) is 18.1. The lowest BCUT2D eigenvalue weighted by Gasteiger charge is -2.33. The Kier molecular flexibility index (Phi) is 3.83. The van der Waals surface area contributed by atoms with Gasteiger partial charge in [-0.2, -0.15) is 0 Å². The molecule has 3 aromatic carbocycles. The van der Waals surface area contributed by atoms with Gasteiger partial charge in [0.2, 0.25) is 0 Å². The molecule has 27 heavy (non-hydrogen) atoms. The molecule has 4 aromatic rings. The molecule has 0 saturated heterocycles. The summed E-state index contributed by atoms with van der Waals surface area (Å²) in [6, 6.07) is 31.0. The van der Waals surface area contributed by atoms with Gasteiger partial charge < -0.3 is 10.6 Å². The number of para-hydroxylation sites is 1. The minimum absolute atomic E-state index is 0.0574. The first kappa shape index (κ1) is 15.6. The Morgan fingerprint density at radius 2 is 0.963 bits per heavy atom. The quantitative estimate of drug-likeness (QED) is 0.566. The molecule has 5 heteroatoms. The van der Waals surface area contributed by atoms with Gasteiger partial charge in [0.15, 0.2) is 11.6 Å². The standard InChI is InChI=1S/C22H19N5/c1-4-10-16(11-5-1)19-20(17-12-6-2-7-13-17)24-22-21(23-19)25-27(26-22)18-14-8-3-9-15-18/h1-15,19-20H,(H,23,25)(H,24,26). The second-order valence-corrected chi connectivity index (χ2v) is 6.59. The van der Waals surface area contributed by atoms with Crippen molar-refractivity contribution in [1.82, 2.24) is 15.0 Å². The predicted molar refractivity (Wildman–Crippen MR) is 107 cm³/mol. The zero-order valence-corrected chi connectivity index (χ0v) is 14.7. The van der Waals surface area contributed by atoms with Crippen molar-refractivity contribution in [3.8, 4) is 5.69 Å². The van der Waals surface area contributed by atoms with Crippen molar-refractivity contribution in [3.05, 3.63) is 102 Å². The molecule has 0 amide bonds. The summed E-state index contributed by atoms with van der Waals surface area (Å²) in [7, 11) is 0. The number of nitrogens with one attached hydrogen (secondary N) is 2. The van der Waals surface area contributed by atoms with Crippen molar-refractivity contribution >= 4 is 11.6 Å². The van der Waals surface area contributed by atoms with Crippen LogP contribution in [0.15, 0.2) is 91.0 Å². The molecular formula is C22H19N5. The Balaban J connectivity index is 1.57. The number of fused-ring (bicyclic) bond motifs is 1. The molecule has 2 N–H and O–H groups in total. The van der Waals surface area contributed by atoms with Gasteiger partial charge in [-0.15, -0.1) is 15.0 Å². The molecule has 0 saturated carbocycles. The van der Waals surface area contributed by atoms with Crippen molar-refractivity contribution < 1.29 is 0 Å². The number of nitrogens with zero attached hydrogens (tertiary/aromatic N) is 3. The summed E-state index contributed by atoms with van der Waals surface area (Å²) in [6.45, 7) is 0. The summed E-state index contributed by atoms with van der Waals surface area (Å²) < 4.78 is 0. The SMILES string of the molecule is c1ccc(C2Nc3nn(-c4ccccc4)nc3NC2c2ccccc2)cc1. The molecule has 2 atom stereocenters. The number of benzene rings is 3. The van der Waals surface area contributed by atoms with Gasteiger partial charge >= 0.3 is 0 Å². The van der Waals surface area contributed by atoms with E-state index in [0.717, 1.165) is 17.3 Å². The van der Waals surface area contributed by atoms with Crippen molar-refractivity contribution in [3.63, 3.8) is 0 Å². The van der Waals surface area contributed by atoms with E-state index in [1.165, 1.54) is 11.1 Å². The molecule has 2 unspecified atom stereocenters. The second-order valence-electron chi connectivity index (χ2n) is 6.59. The number of rotatable bonds is 3. The van der Waals surface area contributed by atoms with Crippen LogP contribution in [0.4, 0.5) is 11.6 Å². The largest absolute Gasteiger partial charge is 0.356 e. The van der Waals surface area contributed by atoms with Crippen molar-refractivity contribution in [2.75, 3.05) is 10.6 Å². The number of anilines is 2. The van der Waals surface area contributed by atoms with Crippen LogP contribution in [0.2, 0.25) is 0 Å². The molecule has 0 spiro atoms. The lowest BCUT2D eigenvalue weighted by molar-refractivity contribution is 0.631. The smallest absolute Gasteiger partial charge is 0.193 e. The molecule has 2 heterocycles. The first-order chi connectivity index (χ1) is 13.4. The van der Waals surface area contributed by atoms with Crippen molar-refractivity contribution in [2.45, 2.75) is 12.1 Å². The van der Waals surface area contributed by atoms with Gasteiger partial charge in [-0.1, -0.05) is 78.9 Å². The Morgan fingerprint density at radius 3 is 1.41 bits per heavy atom. The van der Waals surface area contributed by atoms with Crippen LogP contribution in [0, 0.1) is 0 Å². The molecule has 5 nitrogen and oxygen atoms in total. The fourth-order valence-electron chi connectivity index (χ4n) is 3.51. The lowest BCUT2D eigenvalue weighted by atomic mass is 9.92. The van der Waals surface area contributed by atoms with E-state index in [4.69, 9.17) is 0 Å². The summed E-state index contributed by atoms with van der Waals surface area (Å²) in [6.07, 6.45) is 0. The van der Waals surface area contributed by atoms with Gasteiger partial charge in [-0.25, -0.2) is 0 Å². The molecular weight excluding hydrogens is 334 g/mol. The molecule has 0 aliphatic carbocycles. The van der Waals surface area contributed by atoms with E-state index in [0.29, 0.717) is 0 Å². The summed E-state index contributed by atoms with van der Waals surface area (Å²) >= 11 is 0. The number of aromatic nitrogens is 3. The van der Waals surface area contributed by atoms with E-state index in [1.54, 1.807) is 4.80 Å². The Morgan fingerprint density at radius 1 is 0.556 bits per heavy atom. The van der Waals surface area contributed by atoms with Gasteiger partial charge in [0.25, 0.3) is 0 Å². The van der Waals surface area contributed by atoms with Crippen LogP contribution in [-0.4, -0.2) is 15.0 Å². The summed E-state index contributed by atoms with van der Waals surface area (Å²) in [4.78, 5) is 1.67. The molecule has 0 bridgehead atoms. The first-order valence-electron chi connectivity index (χ1n) is 9.04. The van der Waals surface area contributed by atoms with Crippen LogP contribution in [-0.2, 0) is 0 Å². The Labute approximate surface area is 157 Å². The van der Waals surface area contributed by atoms with Gasteiger partial charge in [-0.05, 0) is 23.3 Å². The number of hydrogen-bond donors (Lipinski definition) is 2. The normalized spacial score (nSPS) is 18.2. The zero-order valence-electron chi connectivity index (χ0n) is 14.7. The van der Waals surface area contributed by atoms with Gasteiger partial charge in [0.1, 0.15) is 0 Å². The third-order valence-electron chi connectivity index (χ3n) is 4.84. The fraction of sp³-hybridized carbons (Fsp3) is 0.0909. The highest BCUT2D eigenvalue weighted by molar-refractivity contribution is 5.65. The average molecular weight is 353 g/mol. The summed E-state index contributed by atoms with van der Waals surface area (Å²) in [5, 5.41) is 16.5. The van der Waals surface area contributed by atoms with E-state index in [1.807, 2.05) is 42.5 Å². The minimum Gasteiger partial charge on any atom is -0.356 e. The average Bonchev–Trinajstić information content (AvgIpc) is 3.18. The maximum Gasteiger partial charge on any atom is 0.193 e. The highest BCUT2D eigenvalue weighted by Crippen LogP contribution is 2.40. The van der Waals surface area contributed by atoms with E-state index >= 15 is 0 Å². The van der Waals surface area contributed by atoms with Gasteiger partial charge in [0.05, 0.1) is 17.8 Å². The van der Waals surface area contributed by atoms with Gasteiger partial charge in [0, 0.05) is 0 Å². The summed E-state index contributed by atoms with van der Waals surface area (Å²) in [5.74, 6) is 1.53. The molecule has 1 aliphatic rings. The third-order valence-corrected chi connectivity index (χ3v) is 4.84. The van der Waals surface area contributed by atoms with Crippen LogP contribution < -0.4 is 10.6 Å². The maximum absolute atomic E-state index is 4.66. The predicted octanol–water partition coefficient (Wildman–Crippen LogP) is 4.59. The van der Waals surface area contributed by atoms with E-state index < -0.39 is 0 Å². The van der Waals surface area contributed by atoms with E-state index in [-0.39, 0.29) is 12.1 Å². The first-order valence-corrected chi connectivity index (χ1v) is 9.04. The third kappa shape index (κ3) is 2.93. The molecule has 1 aliphatic heterocycles. The Hall–Kier alpha value is -3.60. The van der Waals surface area contributed by atoms with Crippen LogP contribution in [0.3, 0.4) is 0 Å². The number of hydrogen-bond acceptors (Lipinski definition) is 4. The molecule has 0 fully saturated rings. The summed E-state index contributed by atoms with van der Waals surface area (Å²) in [5.41, 5.74) is 3.35. The molecule has 0 radical (unpaired) electrons. The van der Waals surface area contributed by atoms with Crippen LogP contribution in [0.25, 0.3) is 5.69 Å². The monoisotopic (exact) mass is 353 g/mol. The molecule has 5 rings (SSSR count). The molecule has 1 aromatic heterocycles. The van der Waals surface area contributed by atoms with Crippen molar-refractivity contribution in [2.24, 2.45) is 0 Å². The molecule has 132 valence electrons. The highest BCUT2D eigenvalue weighted by Gasteiger charge is 2.32. The highest BCUT2D eigenvalue weighted by atomic mass is 15.5. The Bertz CT molecular complexity index is 963. The minimum atomic E-state index is 0.0574. The van der Waals surface area contributed by atoms with Gasteiger partial charge in [-0.3, -0.25) is 0 Å². The maximum atomic E-state index is 4.66. The second kappa shape index (κ2) is 6.61. The topological polar surface area (TPSA) is 54.8 Å². The lowest BCUT2D eigenvalue weighted by Crippen LogP contribution is -2.30. The van der Waals surface area contributed by atoms with E-state index in [2.05, 4.69) is 69.4 Å². The van der Waals surface area contributed by atoms with Crippen LogP contribution >= 0.6 is 0 Å². The fourth-order valence-corrected chi connectivity index (χ4v) is 3.51. The van der Waals surface area contributed by atoms with Crippen LogP contribution in [0.1, 0.15) is 23.2 Å². The van der Waals surface area contributed by atoms with Crippen LogP contribution in [0.5, 0.6) is 0 Å².